The summed E-state index contributed by atoms with van der Waals surface area (Å²) in [5.74, 6) is 0. The Labute approximate surface area is 142 Å². The Hall–Kier alpha value is -0.990. The first-order valence-corrected chi connectivity index (χ1v) is 8.95. The summed E-state index contributed by atoms with van der Waals surface area (Å²) in [6.45, 7) is 6.68. The van der Waals surface area contributed by atoms with Gasteiger partial charge in [0.15, 0.2) is 6.29 Å². The summed E-state index contributed by atoms with van der Waals surface area (Å²) in [4.78, 5) is 2.35. The summed E-state index contributed by atoms with van der Waals surface area (Å²) in [6.07, 6.45) is 1.12. The molecule has 0 aliphatic carbocycles. The van der Waals surface area contributed by atoms with E-state index >= 15 is 0 Å². The van der Waals surface area contributed by atoms with Crippen molar-refractivity contribution in [3.05, 3.63) is 17.5 Å². The van der Waals surface area contributed by atoms with Gasteiger partial charge in [0.2, 0.25) is 0 Å². The molecule has 0 aromatic carbocycles. The first-order valence-electron chi connectivity index (χ1n) is 8.95. The number of aromatic nitrogens is 2. The van der Waals surface area contributed by atoms with Gasteiger partial charge in [-0.3, -0.25) is 4.68 Å². The molecule has 3 aliphatic heterocycles. The Kier molecular flexibility index (Phi) is 4.38. The van der Waals surface area contributed by atoms with Crippen molar-refractivity contribution in [3.63, 3.8) is 0 Å². The van der Waals surface area contributed by atoms with Crippen molar-refractivity contribution < 1.29 is 14.6 Å². The lowest BCUT2D eigenvalue weighted by Gasteiger charge is -2.42. The normalized spacial score (nSPS) is 37.9. The molecule has 0 saturated carbocycles. The number of piperidine rings is 1. The number of rotatable bonds is 3. The molecule has 134 valence electrons. The zero-order chi connectivity index (χ0) is 16.8. The zero-order valence-electron chi connectivity index (χ0n) is 14.7. The highest BCUT2D eigenvalue weighted by molar-refractivity contribution is 5.11. The van der Waals surface area contributed by atoms with Gasteiger partial charge in [-0.2, -0.15) is 5.10 Å². The van der Waals surface area contributed by atoms with Crippen LogP contribution in [-0.2, 0) is 9.47 Å². The summed E-state index contributed by atoms with van der Waals surface area (Å²) in [5, 5.41) is 19.3. The fourth-order valence-corrected chi connectivity index (χ4v) is 4.26. The van der Waals surface area contributed by atoms with Crippen molar-refractivity contribution in [1.29, 1.82) is 0 Å². The van der Waals surface area contributed by atoms with Gasteiger partial charge < -0.3 is 24.8 Å². The minimum Gasteiger partial charge on any atom is -0.389 e. The Balaban J connectivity index is 1.53. The zero-order valence-corrected chi connectivity index (χ0v) is 14.7. The molecule has 0 amide bonds. The van der Waals surface area contributed by atoms with Crippen molar-refractivity contribution in [3.8, 4) is 0 Å². The maximum atomic E-state index is 11.1. The smallest absolute Gasteiger partial charge is 0.183 e. The van der Waals surface area contributed by atoms with Gasteiger partial charge >= 0.3 is 0 Å². The van der Waals surface area contributed by atoms with E-state index in [-0.39, 0.29) is 18.2 Å². The maximum absolute atomic E-state index is 11.1. The van der Waals surface area contributed by atoms with Crippen LogP contribution in [0.2, 0.25) is 0 Å². The second kappa shape index (κ2) is 6.38. The molecule has 1 aromatic heterocycles. The molecule has 3 aliphatic rings. The Morgan fingerprint density at radius 3 is 2.71 bits per heavy atom. The molecule has 5 atom stereocenters. The molecule has 7 nitrogen and oxygen atoms in total. The van der Waals surface area contributed by atoms with E-state index in [9.17, 15) is 5.11 Å². The first-order chi connectivity index (χ1) is 11.5. The predicted octanol–water partition coefficient (Wildman–Crippen LogP) is 0.209. The molecule has 3 fully saturated rings. The Morgan fingerprint density at radius 1 is 1.29 bits per heavy atom. The van der Waals surface area contributed by atoms with Crippen molar-refractivity contribution in [2.24, 2.45) is 0 Å². The lowest BCUT2D eigenvalue weighted by Crippen LogP contribution is -2.60. The van der Waals surface area contributed by atoms with Crippen LogP contribution in [0, 0.1) is 13.8 Å². The molecule has 0 unspecified atom stereocenters. The molecule has 0 radical (unpaired) electrons. The third-order valence-electron chi connectivity index (χ3n) is 5.60. The number of nitrogens with one attached hydrogen (secondary N) is 1. The lowest BCUT2D eigenvalue weighted by atomic mass is 9.93. The van der Waals surface area contributed by atoms with Gasteiger partial charge in [-0.25, -0.2) is 0 Å². The maximum Gasteiger partial charge on any atom is 0.183 e. The van der Waals surface area contributed by atoms with Crippen LogP contribution in [0.1, 0.15) is 30.3 Å². The average Bonchev–Trinajstić information content (AvgIpc) is 3.11. The molecule has 7 heteroatoms. The minimum atomic E-state index is -0.575. The topological polar surface area (TPSA) is 71.8 Å². The van der Waals surface area contributed by atoms with E-state index in [1.165, 1.54) is 0 Å². The molecule has 1 aromatic rings. The van der Waals surface area contributed by atoms with Crippen molar-refractivity contribution in [1.82, 2.24) is 20.0 Å². The largest absolute Gasteiger partial charge is 0.389 e. The average molecular weight is 336 g/mol. The third kappa shape index (κ3) is 2.88. The van der Waals surface area contributed by atoms with Crippen LogP contribution in [-0.4, -0.2) is 77.1 Å². The van der Waals surface area contributed by atoms with Crippen molar-refractivity contribution in [2.75, 3.05) is 26.7 Å². The fraction of sp³-hybridized carbons (Fsp3) is 0.824. The highest BCUT2D eigenvalue weighted by atomic mass is 16.7. The molecule has 2 bridgehead atoms. The predicted molar refractivity (Wildman–Crippen MR) is 88.8 cm³/mol. The van der Waals surface area contributed by atoms with Crippen molar-refractivity contribution >= 4 is 0 Å². The molecular formula is C17H28N4O3. The number of aryl methyl sites for hydroxylation is 2. The summed E-state index contributed by atoms with van der Waals surface area (Å²) >= 11 is 0. The quantitative estimate of drug-likeness (QED) is 0.822. The molecule has 2 N–H and O–H groups in total. The highest BCUT2D eigenvalue weighted by Gasteiger charge is 2.52. The van der Waals surface area contributed by atoms with E-state index in [1.807, 2.05) is 24.6 Å². The number of aliphatic hydroxyl groups is 1. The van der Waals surface area contributed by atoms with Gasteiger partial charge in [-0.1, -0.05) is 0 Å². The number of ether oxygens (including phenoxy) is 2. The first kappa shape index (κ1) is 16.5. The van der Waals surface area contributed by atoms with Crippen LogP contribution in [0.5, 0.6) is 0 Å². The van der Waals surface area contributed by atoms with E-state index in [0.717, 1.165) is 37.3 Å². The van der Waals surface area contributed by atoms with Crippen LogP contribution in [0.15, 0.2) is 6.07 Å². The van der Waals surface area contributed by atoms with E-state index in [2.05, 4.69) is 22.4 Å². The number of aliphatic hydroxyl groups excluding tert-OH is 1. The molecule has 24 heavy (non-hydrogen) atoms. The Bertz CT molecular complexity index is 584. The third-order valence-corrected chi connectivity index (χ3v) is 5.60. The van der Waals surface area contributed by atoms with Crippen LogP contribution >= 0.6 is 0 Å². The fourth-order valence-electron chi connectivity index (χ4n) is 4.26. The standard InChI is InChI=1S/C17H28N4O3/c1-10-8-11(2)21(19-10)15-16(22)14(13-9-23-17(15)24-13)18-12-4-6-20(3)7-5-12/h8,12-18,22H,4-7,9H2,1-3H3/t13-,14-,15-,16+,17-/m1/s1. The van der Waals surface area contributed by atoms with E-state index in [0.29, 0.717) is 12.6 Å². The second-order valence-corrected chi connectivity index (χ2v) is 7.50. The van der Waals surface area contributed by atoms with Crippen LogP contribution < -0.4 is 5.32 Å². The van der Waals surface area contributed by atoms with Gasteiger partial charge in [-0.05, 0) is 52.9 Å². The molecule has 4 rings (SSSR count). The van der Waals surface area contributed by atoms with Gasteiger partial charge in [0.05, 0.1) is 24.4 Å². The molecule has 4 heterocycles. The van der Waals surface area contributed by atoms with Gasteiger partial charge in [0.1, 0.15) is 12.1 Å². The number of hydrogen-bond donors (Lipinski definition) is 2. The SMILES string of the molecule is Cc1cc(C)n([C@H]2[C@@H]3OC[C@@H](O3)[C@@H](NC3CCN(C)CC3)[C@@H]2O)n1. The van der Waals surface area contributed by atoms with Gasteiger partial charge in [-0.15, -0.1) is 0 Å². The van der Waals surface area contributed by atoms with Gasteiger partial charge in [0.25, 0.3) is 0 Å². The van der Waals surface area contributed by atoms with E-state index < -0.39 is 12.4 Å². The number of likely N-dealkylation sites (tertiary alicyclic amines) is 1. The second-order valence-electron chi connectivity index (χ2n) is 7.50. The summed E-state index contributed by atoms with van der Waals surface area (Å²) in [7, 11) is 2.16. The molecular weight excluding hydrogens is 308 g/mol. The summed E-state index contributed by atoms with van der Waals surface area (Å²) in [6, 6.07) is 2.02. The number of hydrogen-bond acceptors (Lipinski definition) is 6. The minimum absolute atomic E-state index is 0.0853. The summed E-state index contributed by atoms with van der Waals surface area (Å²) < 4.78 is 13.8. The van der Waals surface area contributed by atoms with E-state index in [1.54, 1.807) is 0 Å². The van der Waals surface area contributed by atoms with E-state index in [4.69, 9.17) is 9.47 Å². The van der Waals surface area contributed by atoms with Crippen LogP contribution in [0.3, 0.4) is 0 Å². The van der Waals surface area contributed by atoms with Gasteiger partial charge in [0, 0.05) is 11.7 Å². The number of nitrogens with zero attached hydrogens (tertiary/aromatic N) is 3. The monoisotopic (exact) mass is 336 g/mol. The molecule has 0 spiro atoms. The lowest BCUT2D eigenvalue weighted by molar-refractivity contribution is -0.169. The number of fused-ring (bicyclic) bond motifs is 2. The summed E-state index contributed by atoms with van der Waals surface area (Å²) in [5.41, 5.74) is 1.96. The van der Waals surface area contributed by atoms with Crippen molar-refractivity contribution in [2.45, 2.75) is 63.3 Å². The van der Waals surface area contributed by atoms with Crippen LogP contribution in [0.25, 0.3) is 0 Å². The highest BCUT2D eigenvalue weighted by Crippen LogP contribution is 2.36. The Morgan fingerprint density at radius 2 is 2.04 bits per heavy atom. The molecule has 3 saturated heterocycles. The van der Waals surface area contributed by atoms with Crippen LogP contribution in [0.4, 0.5) is 0 Å².